The summed E-state index contributed by atoms with van der Waals surface area (Å²) < 4.78 is 32.8. The highest BCUT2D eigenvalue weighted by Gasteiger charge is 2.22. The lowest BCUT2D eigenvalue weighted by Gasteiger charge is -2.17. The molecular formula is C18H24N4O5S. The smallest absolute Gasteiger partial charge is 0.338 e. The highest BCUT2D eigenvalue weighted by molar-refractivity contribution is 7.89. The third-order valence-electron chi connectivity index (χ3n) is 4.23. The van der Waals surface area contributed by atoms with Crippen molar-refractivity contribution < 1.29 is 22.7 Å². The van der Waals surface area contributed by atoms with Gasteiger partial charge in [0.05, 0.1) is 22.7 Å². The molecular weight excluding hydrogens is 384 g/mol. The van der Waals surface area contributed by atoms with E-state index >= 15 is 0 Å². The molecule has 1 amide bonds. The average Bonchev–Trinajstić information content (AvgIpc) is 3.15. The van der Waals surface area contributed by atoms with Crippen molar-refractivity contribution >= 4 is 27.7 Å². The second-order valence-corrected chi connectivity index (χ2v) is 8.08. The van der Waals surface area contributed by atoms with Gasteiger partial charge in [-0.2, -0.15) is 5.10 Å². The van der Waals surface area contributed by atoms with Gasteiger partial charge in [0.15, 0.2) is 6.10 Å². The SMILES string of the molecule is CC[C@@H](C)n1nccc1NC(=O)[C@@H](C)OC(=O)c1cccc(S(=O)(=O)NC)c1. The van der Waals surface area contributed by atoms with Gasteiger partial charge in [0.25, 0.3) is 5.91 Å². The van der Waals surface area contributed by atoms with E-state index in [4.69, 9.17) is 4.74 Å². The molecule has 0 aliphatic carbocycles. The molecule has 2 N–H and O–H groups in total. The zero-order valence-corrected chi connectivity index (χ0v) is 17.0. The lowest BCUT2D eigenvalue weighted by Crippen LogP contribution is -2.31. The number of rotatable bonds is 8. The van der Waals surface area contributed by atoms with Crippen molar-refractivity contribution in [2.45, 2.75) is 44.2 Å². The van der Waals surface area contributed by atoms with E-state index in [1.807, 2.05) is 13.8 Å². The van der Waals surface area contributed by atoms with E-state index in [0.717, 1.165) is 6.42 Å². The molecule has 0 spiro atoms. The molecule has 1 heterocycles. The first-order valence-corrected chi connectivity index (χ1v) is 10.3. The number of hydrogen-bond donors (Lipinski definition) is 2. The maximum absolute atomic E-state index is 12.4. The van der Waals surface area contributed by atoms with Crippen LogP contribution in [0, 0.1) is 0 Å². The fourth-order valence-corrected chi connectivity index (χ4v) is 3.13. The number of esters is 1. The molecule has 0 radical (unpaired) electrons. The average molecular weight is 408 g/mol. The molecule has 1 aromatic heterocycles. The summed E-state index contributed by atoms with van der Waals surface area (Å²) in [6.45, 7) is 5.41. The van der Waals surface area contributed by atoms with Gasteiger partial charge in [-0.05, 0) is 45.5 Å². The topological polar surface area (TPSA) is 119 Å². The molecule has 10 heteroatoms. The third-order valence-corrected chi connectivity index (χ3v) is 5.64. The number of sulfonamides is 1. The van der Waals surface area contributed by atoms with Crippen LogP contribution in [0.25, 0.3) is 0 Å². The lowest BCUT2D eigenvalue weighted by atomic mass is 10.2. The van der Waals surface area contributed by atoms with Crippen molar-refractivity contribution in [1.82, 2.24) is 14.5 Å². The number of hydrogen-bond acceptors (Lipinski definition) is 6. The second-order valence-electron chi connectivity index (χ2n) is 6.19. The van der Waals surface area contributed by atoms with Gasteiger partial charge in [0.1, 0.15) is 5.82 Å². The van der Waals surface area contributed by atoms with Crippen molar-refractivity contribution in [2.75, 3.05) is 12.4 Å². The van der Waals surface area contributed by atoms with Gasteiger partial charge < -0.3 is 10.1 Å². The van der Waals surface area contributed by atoms with E-state index in [2.05, 4.69) is 15.1 Å². The Morgan fingerprint density at radius 1 is 1.25 bits per heavy atom. The summed E-state index contributed by atoms with van der Waals surface area (Å²) in [6.07, 6.45) is 1.32. The Hall–Kier alpha value is -2.72. The van der Waals surface area contributed by atoms with Crippen LogP contribution < -0.4 is 10.0 Å². The van der Waals surface area contributed by atoms with Crippen LogP contribution in [0.2, 0.25) is 0 Å². The number of carbonyl (C=O) groups is 2. The van der Waals surface area contributed by atoms with Gasteiger partial charge >= 0.3 is 5.97 Å². The molecule has 0 aliphatic heterocycles. The van der Waals surface area contributed by atoms with E-state index in [-0.39, 0.29) is 16.5 Å². The molecule has 152 valence electrons. The Bertz CT molecular complexity index is 954. The Kier molecular flexibility index (Phi) is 6.92. The first kappa shape index (κ1) is 21.6. The molecule has 2 rings (SSSR count). The summed E-state index contributed by atoms with van der Waals surface area (Å²) in [4.78, 5) is 24.6. The molecule has 0 unspecified atom stereocenters. The molecule has 0 saturated carbocycles. The van der Waals surface area contributed by atoms with Crippen LogP contribution in [-0.4, -0.2) is 43.2 Å². The van der Waals surface area contributed by atoms with E-state index in [1.165, 1.54) is 38.2 Å². The van der Waals surface area contributed by atoms with Crippen molar-refractivity contribution in [3.8, 4) is 0 Å². The zero-order chi connectivity index (χ0) is 20.9. The Balaban J connectivity index is 2.07. The highest BCUT2D eigenvalue weighted by Crippen LogP contribution is 2.17. The lowest BCUT2D eigenvalue weighted by molar-refractivity contribution is -0.123. The second kappa shape index (κ2) is 8.98. The number of amides is 1. The van der Waals surface area contributed by atoms with Gasteiger partial charge in [-0.15, -0.1) is 0 Å². The predicted molar refractivity (Wildman–Crippen MR) is 103 cm³/mol. The largest absolute Gasteiger partial charge is 0.449 e. The zero-order valence-electron chi connectivity index (χ0n) is 16.2. The first-order chi connectivity index (χ1) is 13.2. The van der Waals surface area contributed by atoms with Crippen LogP contribution in [0.15, 0.2) is 41.4 Å². The molecule has 28 heavy (non-hydrogen) atoms. The number of nitrogens with zero attached hydrogens (tertiary/aromatic N) is 2. The molecule has 2 aromatic rings. The Morgan fingerprint density at radius 3 is 2.61 bits per heavy atom. The van der Waals surface area contributed by atoms with Crippen LogP contribution in [0.3, 0.4) is 0 Å². The maximum Gasteiger partial charge on any atom is 0.338 e. The summed E-state index contributed by atoms with van der Waals surface area (Å²) in [5.74, 6) is -0.812. The van der Waals surface area contributed by atoms with Crippen LogP contribution in [0.4, 0.5) is 5.82 Å². The van der Waals surface area contributed by atoms with Gasteiger partial charge in [-0.3, -0.25) is 4.79 Å². The minimum Gasteiger partial charge on any atom is -0.449 e. The number of anilines is 1. The first-order valence-electron chi connectivity index (χ1n) is 8.78. The van der Waals surface area contributed by atoms with Crippen molar-refractivity contribution in [1.29, 1.82) is 0 Å². The minimum absolute atomic E-state index is 0.0284. The maximum atomic E-state index is 12.4. The molecule has 0 saturated heterocycles. The van der Waals surface area contributed by atoms with Crippen LogP contribution >= 0.6 is 0 Å². The molecule has 2 atom stereocenters. The van der Waals surface area contributed by atoms with Crippen LogP contribution in [0.5, 0.6) is 0 Å². The summed E-state index contributed by atoms with van der Waals surface area (Å²) in [5, 5.41) is 6.87. The fraction of sp³-hybridized carbons (Fsp3) is 0.389. The summed E-state index contributed by atoms with van der Waals surface area (Å²) >= 11 is 0. The van der Waals surface area contributed by atoms with Crippen LogP contribution in [-0.2, 0) is 19.6 Å². The normalized spacial score (nSPS) is 13.6. The highest BCUT2D eigenvalue weighted by atomic mass is 32.2. The fourth-order valence-electron chi connectivity index (χ4n) is 2.36. The number of aromatic nitrogens is 2. The van der Waals surface area contributed by atoms with Crippen molar-refractivity contribution in [2.24, 2.45) is 0 Å². The molecule has 1 aromatic carbocycles. The van der Waals surface area contributed by atoms with E-state index in [0.29, 0.717) is 5.82 Å². The van der Waals surface area contributed by atoms with E-state index < -0.39 is 28.0 Å². The summed E-state index contributed by atoms with van der Waals surface area (Å²) in [7, 11) is -2.42. The minimum atomic E-state index is -3.70. The van der Waals surface area contributed by atoms with Crippen molar-refractivity contribution in [3.63, 3.8) is 0 Å². The monoisotopic (exact) mass is 408 g/mol. The number of nitrogens with one attached hydrogen (secondary N) is 2. The summed E-state index contributed by atoms with van der Waals surface area (Å²) in [5.41, 5.74) is 0.0284. The Labute approximate surface area is 164 Å². The van der Waals surface area contributed by atoms with Gasteiger partial charge in [-0.1, -0.05) is 13.0 Å². The number of ether oxygens (including phenoxy) is 1. The summed E-state index contributed by atoms with van der Waals surface area (Å²) in [6, 6.07) is 7.15. The molecule has 0 bridgehead atoms. The Morgan fingerprint density at radius 2 is 1.96 bits per heavy atom. The van der Waals surface area contributed by atoms with E-state index in [9.17, 15) is 18.0 Å². The van der Waals surface area contributed by atoms with Crippen LogP contribution in [0.1, 0.15) is 43.6 Å². The van der Waals surface area contributed by atoms with E-state index in [1.54, 1.807) is 16.9 Å². The standard InChI is InChI=1S/C18H24N4O5S/c1-5-12(2)22-16(9-10-20-22)21-17(23)13(3)27-18(24)14-7-6-8-15(11-14)28(25,26)19-4/h6-13,19H,5H2,1-4H3,(H,21,23)/t12-,13-/m1/s1. The molecule has 9 nitrogen and oxygen atoms in total. The van der Waals surface area contributed by atoms with Gasteiger partial charge in [-0.25, -0.2) is 22.6 Å². The predicted octanol–water partition coefficient (Wildman–Crippen LogP) is 1.95. The number of carbonyl (C=O) groups excluding carboxylic acids is 2. The molecule has 0 aliphatic rings. The third kappa shape index (κ3) is 4.96. The van der Waals surface area contributed by atoms with Gasteiger partial charge in [0.2, 0.25) is 10.0 Å². The van der Waals surface area contributed by atoms with Gasteiger partial charge in [0, 0.05) is 6.07 Å². The quantitative estimate of drug-likeness (QED) is 0.644. The van der Waals surface area contributed by atoms with Crippen molar-refractivity contribution in [3.05, 3.63) is 42.1 Å². The number of benzene rings is 1. The molecule has 0 fully saturated rings.